The van der Waals surface area contributed by atoms with Crippen LogP contribution in [0.4, 0.5) is 13.2 Å². The molecule has 0 N–H and O–H groups in total. The summed E-state index contributed by atoms with van der Waals surface area (Å²) in [4.78, 5) is 0. The minimum absolute atomic E-state index is 0.266. The number of hydrogen-bond acceptors (Lipinski definition) is 3. The highest BCUT2D eigenvalue weighted by Crippen LogP contribution is 2.20. The molecule has 0 spiro atoms. The van der Waals surface area contributed by atoms with E-state index in [1.165, 1.54) is 13.8 Å². The summed E-state index contributed by atoms with van der Waals surface area (Å²) in [7, 11) is 0. The molecule has 0 radical (unpaired) electrons. The van der Waals surface area contributed by atoms with Gasteiger partial charge in [-0.05, 0) is 13.8 Å². The van der Waals surface area contributed by atoms with E-state index >= 15 is 0 Å². The predicted molar refractivity (Wildman–Crippen MR) is 34.1 cm³/mol. The summed E-state index contributed by atoms with van der Waals surface area (Å²) in [6, 6.07) is 0. The lowest BCUT2D eigenvalue weighted by Gasteiger charge is -2.01. The zero-order chi connectivity index (χ0) is 9.07. The molecule has 0 rings (SSSR count). The monoisotopic (exact) mass is 189 g/mol. The highest BCUT2D eigenvalue weighted by molar-refractivity contribution is 7.81. The number of rotatable bonds is 2. The molecule has 0 aliphatic carbocycles. The average molecular weight is 189 g/mol. The van der Waals surface area contributed by atoms with Crippen LogP contribution in [0, 0.1) is 0 Å². The smallest absolute Gasteiger partial charge is 0.283 e. The van der Waals surface area contributed by atoms with Gasteiger partial charge in [0.25, 0.3) is 0 Å². The Morgan fingerprint density at radius 2 is 1.91 bits per heavy atom. The van der Waals surface area contributed by atoms with Crippen LogP contribution in [0.15, 0.2) is 5.16 Å². The van der Waals surface area contributed by atoms with E-state index in [9.17, 15) is 17.4 Å². The Labute approximate surface area is 63.9 Å². The van der Waals surface area contributed by atoms with E-state index in [0.717, 1.165) is 0 Å². The normalized spacial score (nSPS) is 13.9. The second-order valence-electron chi connectivity index (χ2n) is 1.79. The van der Waals surface area contributed by atoms with Crippen molar-refractivity contribution in [3.05, 3.63) is 0 Å². The fraction of sp³-hybridized carbons (Fsp3) is 0.750. The Morgan fingerprint density at radius 1 is 1.45 bits per heavy atom. The first-order valence-corrected chi connectivity index (χ1v) is 3.59. The van der Waals surface area contributed by atoms with Crippen molar-refractivity contribution in [2.75, 3.05) is 0 Å². The van der Waals surface area contributed by atoms with E-state index in [0.29, 0.717) is 0 Å². The van der Waals surface area contributed by atoms with Crippen LogP contribution in [0.5, 0.6) is 0 Å². The fourth-order valence-electron chi connectivity index (χ4n) is 0.151. The third-order valence-corrected chi connectivity index (χ3v) is 1.06. The van der Waals surface area contributed by atoms with Crippen LogP contribution in [0.25, 0.3) is 0 Å². The Kier molecular flexibility index (Phi) is 3.50. The molecule has 0 aromatic carbocycles. The Balaban J connectivity index is 4.01. The third kappa shape index (κ3) is 4.77. The first-order chi connectivity index (χ1) is 4.84. The zero-order valence-corrected chi connectivity index (χ0v) is 6.62. The molecule has 1 unspecified atom stereocenters. The number of nitrogens with zero attached hydrogens (tertiary/aromatic N) is 1. The summed E-state index contributed by atoms with van der Waals surface area (Å²) in [5.74, 6) is 0. The Bertz CT molecular complexity index is 184. The van der Waals surface area contributed by atoms with Crippen molar-refractivity contribution in [3.8, 4) is 0 Å². The molecule has 0 saturated heterocycles. The van der Waals surface area contributed by atoms with Crippen LogP contribution in [-0.4, -0.2) is 15.4 Å². The molecular weight excluding hydrogens is 183 g/mol. The van der Waals surface area contributed by atoms with Crippen molar-refractivity contribution in [3.63, 3.8) is 0 Å². The summed E-state index contributed by atoms with van der Waals surface area (Å²) in [6.07, 6.45) is 0. The lowest BCUT2D eigenvalue weighted by atomic mass is 10.5. The van der Waals surface area contributed by atoms with Crippen LogP contribution in [0.2, 0.25) is 0 Å². The summed E-state index contributed by atoms with van der Waals surface area (Å²) in [6.45, 7) is 2.85. The molecule has 7 heteroatoms. The van der Waals surface area contributed by atoms with Gasteiger partial charge in [0.2, 0.25) is 0 Å². The molecular formula is C4H6F3NO2S. The standard InChI is InChI=1S/C4H6F3NO2S/c1-3(2)8-10-11(9)4(5,6)7/h1-2H3. The van der Waals surface area contributed by atoms with E-state index < -0.39 is 16.6 Å². The van der Waals surface area contributed by atoms with Crippen LogP contribution in [-0.2, 0) is 15.4 Å². The summed E-state index contributed by atoms with van der Waals surface area (Å²) in [5, 5.41) is 2.89. The van der Waals surface area contributed by atoms with Gasteiger partial charge in [0, 0.05) is 0 Å². The van der Waals surface area contributed by atoms with Crippen molar-refractivity contribution < 1.29 is 21.7 Å². The van der Waals surface area contributed by atoms with Gasteiger partial charge in [-0.3, -0.25) is 4.28 Å². The SMILES string of the molecule is CC(C)=NOS(=O)C(F)(F)F. The second-order valence-corrected chi connectivity index (χ2v) is 2.87. The summed E-state index contributed by atoms with van der Waals surface area (Å²) in [5.41, 5.74) is -4.60. The Morgan fingerprint density at radius 3 is 2.18 bits per heavy atom. The van der Waals surface area contributed by atoms with Crippen molar-refractivity contribution >= 4 is 16.8 Å². The maximum Gasteiger partial charge on any atom is 0.510 e. The molecule has 0 amide bonds. The van der Waals surface area contributed by atoms with Crippen molar-refractivity contribution in [2.45, 2.75) is 19.4 Å². The lowest BCUT2D eigenvalue weighted by molar-refractivity contribution is -0.0471. The zero-order valence-electron chi connectivity index (χ0n) is 5.81. The molecule has 1 atom stereocenters. The highest BCUT2D eigenvalue weighted by atomic mass is 32.2. The van der Waals surface area contributed by atoms with Crippen LogP contribution >= 0.6 is 0 Å². The molecule has 0 saturated carbocycles. The Hall–Kier alpha value is -0.590. The molecule has 0 fully saturated rings. The molecule has 11 heavy (non-hydrogen) atoms. The van der Waals surface area contributed by atoms with Crippen molar-refractivity contribution in [2.24, 2.45) is 5.16 Å². The van der Waals surface area contributed by atoms with Crippen molar-refractivity contribution in [1.29, 1.82) is 0 Å². The largest absolute Gasteiger partial charge is 0.510 e. The van der Waals surface area contributed by atoms with E-state index in [1.807, 2.05) is 0 Å². The van der Waals surface area contributed by atoms with Crippen LogP contribution in [0.3, 0.4) is 0 Å². The highest BCUT2D eigenvalue weighted by Gasteiger charge is 2.40. The lowest BCUT2D eigenvalue weighted by Crippen LogP contribution is -2.16. The summed E-state index contributed by atoms with van der Waals surface area (Å²) >= 11 is -3.35. The van der Waals surface area contributed by atoms with Gasteiger partial charge in [0.15, 0.2) is 0 Å². The molecule has 0 bridgehead atoms. The topological polar surface area (TPSA) is 38.7 Å². The van der Waals surface area contributed by atoms with Gasteiger partial charge in [-0.1, -0.05) is 5.16 Å². The number of halogens is 3. The minimum atomic E-state index is -4.86. The first-order valence-electron chi connectivity index (χ1n) is 2.51. The van der Waals surface area contributed by atoms with Gasteiger partial charge in [0.05, 0.1) is 5.71 Å². The van der Waals surface area contributed by atoms with E-state index in [-0.39, 0.29) is 5.71 Å². The summed E-state index contributed by atoms with van der Waals surface area (Å²) < 4.78 is 47.8. The number of oxime groups is 1. The molecule has 3 nitrogen and oxygen atoms in total. The van der Waals surface area contributed by atoms with E-state index in [2.05, 4.69) is 9.44 Å². The van der Waals surface area contributed by atoms with Crippen molar-refractivity contribution in [1.82, 2.24) is 0 Å². The molecule has 0 aliphatic rings. The maximum atomic E-state index is 11.4. The van der Waals surface area contributed by atoms with Gasteiger partial charge in [-0.2, -0.15) is 13.2 Å². The average Bonchev–Trinajstić information content (AvgIpc) is 1.80. The van der Waals surface area contributed by atoms with Gasteiger partial charge in [0.1, 0.15) is 0 Å². The molecule has 0 heterocycles. The first kappa shape index (κ1) is 10.4. The minimum Gasteiger partial charge on any atom is -0.283 e. The molecule has 0 aromatic rings. The fourth-order valence-corrected chi connectivity index (χ4v) is 0.452. The van der Waals surface area contributed by atoms with Crippen LogP contribution < -0.4 is 0 Å². The third-order valence-electron chi connectivity index (χ3n) is 0.477. The van der Waals surface area contributed by atoms with Crippen LogP contribution in [0.1, 0.15) is 13.8 Å². The number of hydrogen-bond donors (Lipinski definition) is 0. The molecule has 66 valence electrons. The van der Waals surface area contributed by atoms with Gasteiger partial charge in [-0.15, -0.1) is 0 Å². The predicted octanol–water partition coefficient (Wildman–Crippen LogP) is 1.58. The second kappa shape index (κ2) is 3.70. The molecule has 0 aliphatic heterocycles. The van der Waals surface area contributed by atoms with Gasteiger partial charge in [-0.25, -0.2) is 4.21 Å². The molecule has 0 aromatic heterocycles. The van der Waals surface area contributed by atoms with Gasteiger partial charge < -0.3 is 0 Å². The van der Waals surface area contributed by atoms with E-state index in [4.69, 9.17) is 0 Å². The quantitative estimate of drug-likeness (QED) is 0.488. The maximum absolute atomic E-state index is 11.4. The van der Waals surface area contributed by atoms with E-state index in [1.54, 1.807) is 0 Å². The van der Waals surface area contributed by atoms with Gasteiger partial charge >= 0.3 is 16.6 Å². The number of alkyl halides is 3.